The van der Waals surface area contributed by atoms with Crippen LogP contribution in [0, 0.1) is 6.92 Å². The average Bonchev–Trinajstić information content (AvgIpc) is 2.40. The van der Waals surface area contributed by atoms with Crippen molar-refractivity contribution in [3.63, 3.8) is 0 Å². The first kappa shape index (κ1) is 13.6. The molecule has 3 nitrogen and oxygen atoms in total. The average molecular weight is 276 g/mol. The summed E-state index contributed by atoms with van der Waals surface area (Å²) < 4.78 is 4.98. The van der Waals surface area contributed by atoms with Gasteiger partial charge in [0.15, 0.2) is 0 Å². The summed E-state index contributed by atoms with van der Waals surface area (Å²) in [6.07, 6.45) is 1.46. The topological polar surface area (TPSA) is 39.2 Å². The van der Waals surface area contributed by atoms with Gasteiger partial charge in [-0.15, -0.1) is 0 Å². The fourth-order valence-electron chi connectivity index (χ4n) is 1.87. The highest BCUT2D eigenvalue weighted by molar-refractivity contribution is 6.36. The summed E-state index contributed by atoms with van der Waals surface area (Å²) in [6.45, 7) is 3.93. The van der Waals surface area contributed by atoms with Gasteiger partial charge in [0.2, 0.25) is 0 Å². The molecule has 0 aliphatic rings. The first-order valence-corrected chi connectivity index (χ1v) is 6.40. The van der Waals surface area contributed by atoms with Gasteiger partial charge in [-0.3, -0.25) is 4.98 Å². The van der Waals surface area contributed by atoms with Crippen LogP contribution in [0.4, 0.5) is 0 Å². The molecule has 0 atom stereocenters. The standard InChI is InChI=1S/C15H14ClNO2/c1-3-19-15(18)12-9-17-10(2)13(14(12)16)11-7-5-4-6-8-11/h4-9H,3H2,1-2H3. The highest BCUT2D eigenvalue weighted by Crippen LogP contribution is 2.32. The predicted molar refractivity (Wildman–Crippen MR) is 75.4 cm³/mol. The number of rotatable bonds is 3. The van der Waals surface area contributed by atoms with Crippen LogP contribution in [0.5, 0.6) is 0 Å². The van der Waals surface area contributed by atoms with E-state index >= 15 is 0 Å². The third-order valence-corrected chi connectivity index (χ3v) is 3.16. The Bertz CT molecular complexity index is 597. The molecule has 1 aromatic carbocycles. The second-order valence-corrected chi connectivity index (χ2v) is 4.41. The van der Waals surface area contributed by atoms with Crippen molar-refractivity contribution in [3.05, 3.63) is 52.8 Å². The molecule has 0 amide bonds. The zero-order chi connectivity index (χ0) is 13.8. The first-order chi connectivity index (χ1) is 9.15. The summed E-state index contributed by atoms with van der Waals surface area (Å²) >= 11 is 6.34. The van der Waals surface area contributed by atoms with Crippen LogP contribution in [0.15, 0.2) is 36.5 Å². The number of benzene rings is 1. The molecule has 4 heteroatoms. The lowest BCUT2D eigenvalue weighted by Crippen LogP contribution is -2.07. The summed E-state index contributed by atoms with van der Waals surface area (Å²) in [5, 5.41) is 0.386. The number of pyridine rings is 1. The Balaban J connectivity index is 2.56. The van der Waals surface area contributed by atoms with Gasteiger partial charge in [0.05, 0.1) is 17.2 Å². The maximum atomic E-state index is 11.8. The smallest absolute Gasteiger partial charge is 0.341 e. The Labute approximate surface area is 117 Å². The van der Waals surface area contributed by atoms with E-state index in [0.717, 1.165) is 16.8 Å². The minimum absolute atomic E-state index is 0.299. The SMILES string of the molecule is CCOC(=O)c1cnc(C)c(-c2ccccc2)c1Cl. The minimum atomic E-state index is -0.447. The highest BCUT2D eigenvalue weighted by atomic mass is 35.5. The zero-order valence-corrected chi connectivity index (χ0v) is 11.6. The lowest BCUT2D eigenvalue weighted by atomic mass is 10.0. The van der Waals surface area contributed by atoms with Gasteiger partial charge in [0.1, 0.15) is 0 Å². The van der Waals surface area contributed by atoms with Crippen molar-refractivity contribution >= 4 is 17.6 Å². The molecular formula is C15H14ClNO2. The van der Waals surface area contributed by atoms with Crippen molar-refractivity contribution in [2.24, 2.45) is 0 Å². The Kier molecular flexibility index (Phi) is 4.17. The number of hydrogen-bond acceptors (Lipinski definition) is 3. The number of aryl methyl sites for hydroxylation is 1. The van der Waals surface area contributed by atoms with E-state index in [1.54, 1.807) is 6.92 Å². The van der Waals surface area contributed by atoms with Crippen LogP contribution in [-0.2, 0) is 4.74 Å². The van der Waals surface area contributed by atoms with Gasteiger partial charge in [-0.25, -0.2) is 4.79 Å². The van der Waals surface area contributed by atoms with Crippen LogP contribution in [-0.4, -0.2) is 17.6 Å². The van der Waals surface area contributed by atoms with Gasteiger partial charge in [0, 0.05) is 17.5 Å². The Morgan fingerprint density at radius 1 is 1.32 bits per heavy atom. The van der Waals surface area contributed by atoms with E-state index in [1.807, 2.05) is 37.3 Å². The van der Waals surface area contributed by atoms with Crippen molar-refractivity contribution in [1.29, 1.82) is 0 Å². The van der Waals surface area contributed by atoms with Crippen LogP contribution < -0.4 is 0 Å². The van der Waals surface area contributed by atoms with E-state index in [2.05, 4.69) is 4.98 Å². The molecule has 0 radical (unpaired) electrons. The largest absolute Gasteiger partial charge is 0.462 e. The van der Waals surface area contributed by atoms with Crippen LogP contribution in [0.3, 0.4) is 0 Å². The van der Waals surface area contributed by atoms with Crippen molar-refractivity contribution < 1.29 is 9.53 Å². The van der Waals surface area contributed by atoms with E-state index in [4.69, 9.17) is 16.3 Å². The van der Waals surface area contributed by atoms with E-state index in [-0.39, 0.29) is 0 Å². The molecule has 0 aliphatic heterocycles. The Morgan fingerprint density at radius 3 is 2.63 bits per heavy atom. The molecule has 1 heterocycles. The van der Waals surface area contributed by atoms with Crippen molar-refractivity contribution in [3.8, 4) is 11.1 Å². The summed E-state index contributed by atoms with van der Waals surface area (Å²) in [4.78, 5) is 16.0. The Morgan fingerprint density at radius 2 is 2.00 bits per heavy atom. The molecule has 0 saturated carbocycles. The van der Waals surface area contributed by atoms with Crippen LogP contribution in [0.1, 0.15) is 23.0 Å². The zero-order valence-electron chi connectivity index (χ0n) is 10.8. The van der Waals surface area contributed by atoms with Crippen LogP contribution in [0.25, 0.3) is 11.1 Å². The molecule has 2 aromatic rings. The fourth-order valence-corrected chi connectivity index (χ4v) is 2.24. The van der Waals surface area contributed by atoms with Gasteiger partial charge in [-0.2, -0.15) is 0 Å². The monoisotopic (exact) mass is 275 g/mol. The molecule has 0 saturated heterocycles. The molecule has 0 aliphatic carbocycles. The number of esters is 1. The molecule has 2 rings (SSSR count). The molecule has 0 N–H and O–H groups in total. The number of carbonyl (C=O) groups is 1. The van der Waals surface area contributed by atoms with Crippen LogP contribution in [0.2, 0.25) is 5.02 Å². The third-order valence-electron chi connectivity index (χ3n) is 2.76. The summed E-state index contributed by atoms with van der Waals surface area (Å²) in [6, 6.07) is 9.63. The van der Waals surface area contributed by atoms with Gasteiger partial charge >= 0.3 is 5.97 Å². The van der Waals surface area contributed by atoms with E-state index in [0.29, 0.717) is 17.2 Å². The number of aromatic nitrogens is 1. The minimum Gasteiger partial charge on any atom is -0.462 e. The predicted octanol–water partition coefficient (Wildman–Crippen LogP) is 3.89. The van der Waals surface area contributed by atoms with E-state index < -0.39 is 5.97 Å². The molecule has 98 valence electrons. The number of hydrogen-bond donors (Lipinski definition) is 0. The second kappa shape index (κ2) is 5.85. The molecular weight excluding hydrogens is 262 g/mol. The fraction of sp³-hybridized carbons (Fsp3) is 0.200. The first-order valence-electron chi connectivity index (χ1n) is 6.02. The lowest BCUT2D eigenvalue weighted by molar-refractivity contribution is 0.0526. The summed E-state index contributed by atoms with van der Waals surface area (Å²) in [5.74, 6) is -0.447. The molecule has 0 unspecified atom stereocenters. The van der Waals surface area contributed by atoms with E-state index in [9.17, 15) is 4.79 Å². The number of ether oxygens (including phenoxy) is 1. The van der Waals surface area contributed by atoms with Crippen molar-refractivity contribution in [1.82, 2.24) is 4.98 Å². The molecule has 0 bridgehead atoms. The maximum Gasteiger partial charge on any atom is 0.341 e. The van der Waals surface area contributed by atoms with Crippen molar-refractivity contribution in [2.75, 3.05) is 6.61 Å². The second-order valence-electron chi connectivity index (χ2n) is 4.03. The molecule has 19 heavy (non-hydrogen) atoms. The summed E-state index contributed by atoms with van der Waals surface area (Å²) in [7, 11) is 0. The molecule has 1 aromatic heterocycles. The number of halogens is 1. The van der Waals surface area contributed by atoms with Gasteiger partial charge < -0.3 is 4.74 Å². The Hall–Kier alpha value is -1.87. The van der Waals surface area contributed by atoms with Gasteiger partial charge in [0.25, 0.3) is 0 Å². The lowest BCUT2D eigenvalue weighted by Gasteiger charge is -2.11. The molecule has 0 spiro atoms. The van der Waals surface area contributed by atoms with Crippen LogP contribution >= 0.6 is 11.6 Å². The van der Waals surface area contributed by atoms with Gasteiger partial charge in [-0.05, 0) is 19.4 Å². The number of nitrogens with zero attached hydrogens (tertiary/aromatic N) is 1. The van der Waals surface area contributed by atoms with Crippen molar-refractivity contribution in [2.45, 2.75) is 13.8 Å². The normalized spacial score (nSPS) is 10.3. The quantitative estimate of drug-likeness (QED) is 0.798. The summed E-state index contributed by atoms with van der Waals surface area (Å²) in [5.41, 5.74) is 2.79. The van der Waals surface area contributed by atoms with Gasteiger partial charge in [-0.1, -0.05) is 41.9 Å². The highest BCUT2D eigenvalue weighted by Gasteiger charge is 2.18. The molecule has 0 fully saturated rings. The third kappa shape index (κ3) is 2.76. The van der Waals surface area contributed by atoms with E-state index in [1.165, 1.54) is 6.20 Å². The number of carbonyl (C=O) groups excluding carboxylic acids is 1. The maximum absolute atomic E-state index is 11.8.